The van der Waals surface area contributed by atoms with Crippen LogP contribution in [0.5, 0.6) is 11.5 Å². The molecule has 2 aromatic rings. The molecule has 0 saturated heterocycles. The van der Waals surface area contributed by atoms with Crippen LogP contribution < -0.4 is 14.8 Å². The average molecular weight is 405 g/mol. The molecule has 2 atom stereocenters. The SMILES string of the molecule is CCOc1ccc(C2CC(=O)C3=C(C2)NC(=O)CC3c2cccc(OCC)c2)cc1. The normalized spacial score (nSPS) is 21.1. The number of hydrogen-bond acceptors (Lipinski definition) is 4. The molecular weight excluding hydrogens is 378 g/mol. The fourth-order valence-corrected chi connectivity index (χ4v) is 4.47. The Morgan fingerprint density at radius 1 is 0.867 bits per heavy atom. The minimum atomic E-state index is -0.220. The summed E-state index contributed by atoms with van der Waals surface area (Å²) >= 11 is 0. The van der Waals surface area contributed by atoms with Gasteiger partial charge in [-0.15, -0.1) is 0 Å². The van der Waals surface area contributed by atoms with Crippen molar-refractivity contribution < 1.29 is 19.1 Å². The summed E-state index contributed by atoms with van der Waals surface area (Å²) in [6.07, 6.45) is 1.39. The lowest BCUT2D eigenvalue weighted by atomic mass is 9.73. The number of ketones is 1. The van der Waals surface area contributed by atoms with Gasteiger partial charge >= 0.3 is 0 Å². The van der Waals surface area contributed by atoms with Gasteiger partial charge in [-0.3, -0.25) is 9.59 Å². The minimum Gasteiger partial charge on any atom is -0.494 e. The van der Waals surface area contributed by atoms with Gasteiger partial charge in [-0.2, -0.15) is 0 Å². The molecule has 0 bridgehead atoms. The Hall–Kier alpha value is -3.08. The number of Topliss-reactive ketones (excluding diaryl/α,β-unsaturated/α-hetero) is 1. The van der Waals surface area contributed by atoms with E-state index in [1.165, 1.54) is 0 Å². The molecule has 0 fully saturated rings. The summed E-state index contributed by atoms with van der Waals surface area (Å²) in [7, 11) is 0. The van der Waals surface area contributed by atoms with Gasteiger partial charge in [-0.1, -0.05) is 24.3 Å². The third-order valence-electron chi connectivity index (χ3n) is 5.77. The Labute approximate surface area is 177 Å². The predicted molar refractivity (Wildman–Crippen MR) is 115 cm³/mol. The number of carbonyl (C=O) groups excluding carboxylic acids is 2. The van der Waals surface area contributed by atoms with E-state index in [9.17, 15) is 9.59 Å². The van der Waals surface area contributed by atoms with Crippen LogP contribution in [0.25, 0.3) is 0 Å². The molecule has 1 amide bonds. The van der Waals surface area contributed by atoms with Crippen molar-refractivity contribution in [1.29, 1.82) is 0 Å². The minimum absolute atomic E-state index is 0.0410. The third kappa shape index (κ3) is 4.11. The molecule has 30 heavy (non-hydrogen) atoms. The largest absolute Gasteiger partial charge is 0.494 e. The first kappa shape index (κ1) is 20.2. The van der Waals surface area contributed by atoms with Gasteiger partial charge in [-0.25, -0.2) is 0 Å². The van der Waals surface area contributed by atoms with Gasteiger partial charge in [0.15, 0.2) is 5.78 Å². The molecule has 2 unspecified atom stereocenters. The van der Waals surface area contributed by atoms with E-state index in [2.05, 4.69) is 5.32 Å². The maximum absolute atomic E-state index is 13.2. The van der Waals surface area contributed by atoms with Crippen LogP contribution in [0.15, 0.2) is 59.8 Å². The van der Waals surface area contributed by atoms with Crippen molar-refractivity contribution >= 4 is 11.7 Å². The zero-order valence-electron chi connectivity index (χ0n) is 17.4. The summed E-state index contributed by atoms with van der Waals surface area (Å²) in [6, 6.07) is 15.7. The first-order chi connectivity index (χ1) is 14.6. The quantitative estimate of drug-likeness (QED) is 0.769. The molecule has 0 radical (unpaired) electrons. The smallest absolute Gasteiger partial charge is 0.225 e. The lowest BCUT2D eigenvalue weighted by Crippen LogP contribution is -2.38. The van der Waals surface area contributed by atoms with Crippen molar-refractivity contribution in [1.82, 2.24) is 5.32 Å². The molecule has 0 saturated carbocycles. The summed E-state index contributed by atoms with van der Waals surface area (Å²) < 4.78 is 11.1. The molecule has 0 spiro atoms. The van der Waals surface area contributed by atoms with Crippen LogP contribution in [-0.4, -0.2) is 24.9 Å². The molecule has 1 N–H and O–H groups in total. The fourth-order valence-electron chi connectivity index (χ4n) is 4.47. The average Bonchev–Trinajstić information content (AvgIpc) is 2.74. The number of ether oxygens (including phenoxy) is 2. The molecular formula is C25H27NO4. The van der Waals surface area contributed by atoms with Gasteiger partial charge in [0.2, 0.25) is 5.91 Å². The number of amides is 1. The summed E-state index contributed by atoms with van der Waals surface area (Å²) in [4.78, 5) is 25.7. The second kappa shape index (κ2) is 8.74. The summed E-state index contributed by atoms with van der Waals surface area (Å²) in [5, 5.41) is 2.98. The van der Waals surface area contributed by atoms with Gasteiger partial charge in [0, 0.05) is 30.0 Å². The van der Waals surface area contributed by atoms with Crippen molar-refractivity contribution in [2.45, 2.75) is 44.9 Å². The van der Waals surface area contributed by atoms with Crippen LogP contribution in [0.1, 0.15) is 56.1 Å². The second-order valence-corrected chi connectivity index (χ2v) is 7.73. The Morgan fingerprint density at radius 2 is 1.60 bits per heavy atom. The van der Waals surface area contributed by atoms with E-state index in [0.29, 0.717) is 26.1 Å². The van der Waals surface area contributed by atoms with Crippen molar-refractivity contribution in [3.8, 4) is 11.5 Å². The lowest BCUT2D eigenvalue weighted by molar-refractivity contribution is -0.122. The van der Waals surface area contributed by atoms with Crippen LogP contribution in [-0.2, 0) is 9.59 Å². The molecule has 1 aliphatic heterocycles. The number of nitrogens with one attached hydrogen (secondary N) is 1. The highest BCUT2D eigenvalue weighted by molar-refractivity contribution is 6.02. The van der Waals surface area contributed by atoms with Crippen molar-refractivity contribution in [3.05, 3.63) is 70.9 Å². The van der Waals surface area contributed by atoms with E-state index in [1.54, 1.807) is 0 Å². The molecule has 1 aliphatic carbocycles. The number of benzene rings is 2. The van der Waals surface area contributed by atoms with E-state index in [1.807, 2.05) is 62.4 Å². The summed E-state index contributed by atoms with van der Waals surface area (Å²) in [5.74, 6) is 1.49. The number of allylic oxidation sites excluding steroid dienone is 2. The lowest BCUT2D eigenvalue weighted by Gasteiger charge is -2.34. The number of carbonyl (C=O) groups is 2. The topological polar surface area (TPSA) is 64.6 Å². The fraction of sp³-hybridized carbons (Fsp3) is 0.360. The van der Waals surface area contributed by atoms with Crippen LogP contribution in [0.2, 0.25) is 0 Å². The van der Waals surface area contributed by atoms with E-state index < -0.39 is 0 Å². The maximum Gasteiger partial charge on any atom is 0.225 e. The first-order valence-electron chi connectivity index (χ1n) is 10.6. The van der Waals surface area contributed by atoms with Crippen molar-refractivity contribution in [2.75, 3.05) is 13.2 Å². The molecule has 2 aliphatic rings. The standard InChI is InChI=1S/C25H27NO4/c1-3-29-19-10-8-16(9-11-19)18-13-22-25(23(27)14-18)21(15-24(28)26-22)17-6-5-7-20(12-17)30-4-2/h5-12,18,21H,3-4,13-15H2,1-2H3,(H,26,28). The van der Waals surface area contributed by atoms with Gasteiger partial charge in [0.1, 0.15) is 11.5 Å². The Balaban J connectivity index is 1.63. The van der Waals surface area contributed by atoms with Crippen LogP contribution >= 0.6 is 0 Å². The van der Waals surface area contributed by atoms with Gasteiger partial charge < -0.3 is 14.8 Å². The molecule has 5 nitrogen and oxygen atoms in total. The van der Waals surface area contributed by atoms with Gasteiger partial charge in [0.25, 0.3) is 0 Å². The molecule has 1 heterocycles. The van der Waals surface area contributed by atoms with Crippen molar-refractivity contribution in [3.63, 3.8) is 0 Å². The highest BCUT2D eigenvalue weighted by Gasteiger charge is 2.38. The van der Waals surface area contributed by atoms with Crippen LogP contribution in [0, 0.1) is 0 Å². The zero-order chi connectivity index (χ0) is 21.1. The molecule has 4 rings (SSSR count). The van der Waals surface area contributed by atoms with E-state index in [0.717, 1.165) is 33.9 Å². The Bertz CT molecular complexity index is 977. The summed E-state index contributed by atoms with van der Waals surface area (Å²) in [6.45, 7) is 5.09. The molecule has 0 aromatic heterocycles. The Morgan fingerprint density at radius 3 is 2.33 bits per heavy atom. The number of rotatable bonds is 6. The molecule has 5 heteroatoms. The third-order valence-corrected chi connectivity index (χ3v) is 5.77. The predicted octanol–water partition coefficient (Wildman–Crippen LogP) is 4.49. The van der Waals surface area contributed by atoms with Crippen LogP contribution in [0.3, 0.4) is 0 Å². The Kier molecular flexibility index (Phi) is 5.88. The summed E-state index contributed by atoms with van der Waals surface area (Å²) in [5.41, 5.74) is 3.57. The van der Waals surface area contributed by atoms with Crippen LogP contribution in [0.4, 0.5) is 0 Å². The van der Waals surface area contributed by atoms with Crippen molar-refractivity contribution in [2.24, 2.45) is 0 Å². The zero-order valence-corrected chi connectivity index (χ0v) is 17.4. The number of hydrogen-bond donors (Lipinski definition) is 1. The monoisotopic (exact) mass is 405 g/mol. The highest BCUT2D eigenvalue weighted by Crippen LogP contribution is 2.43. The van der Waals surface area contributed by atoms with E-state index in [-0.39, 0.29) is 29.9 Å². The molecule has 2 aromatic carbocycles. The van der Waals surface area contributed by atoms with E-state index >= 15 is 0 Å². The second-order valence-electron chi connectivity index (χ2n) is 7.73. The van der Waals surface area contributed by atoms with E-state index in [4.69, 9.17) is 9.47 Å². The van der Waals surface area contributed by atoms with Gasteiger partial charge in [-0.05, 0) is 61.6 Å². The molecule has 156 valence electrons. The highest BCUT2D eigenvalue weighted by atomic mass is 16.5. The first-order valence-corrected chi connectivity index (χ1v) is 10.6. The van der Waals surface area contributed by atoms with Gasteiger partial charge in [0.05, 0.1) is 13.2 Å². The maximum atomic E-state index is 13.2.